The predicted molar refractivity (Wildman–Crippen MR) is 97.3 cm³/mol. The van der Waals surface area contributed by atoms with Crippen molar-refractivity contribution in [3.63, 3.8) is 0 Å². The van der Waals surface area contributed by atoms with Gasteiger partial charge in [-0.1, -0.05) is 24.3 Å². The molecule has 1 heterocycles. The van der Waals surface area contributed by atoms with Crippen LogP contribution in [0.25, 0.3) is 22.3 Å². The van der Waals surface area contributed by atoms with Gasteiger partial charge in [-0.25, -0.2) is 0 Å². The maximum atomic E-state index is 14.2. The predicted octanol–water partition coefficient (Wildman–Crippen LogP) is 4.79. The second kappa shape index (κ2) is 5.45. The lowest BCUT2D eigenvalue weighted by molar-refractivity contribution is -0.246. The van der Waals surface area contributed by atoms with Crippen molar-refractivity contribution < 1.29 is 18.3 Å². The molecule has 1 aromatic heterocycles. The Hall–Kier alpha value is -2.60. The molecular weight excluding hydrogens is 353 g/mol. The normalized spacial score (nSPS) is 18.5. The summed E-state index contributed by atoms with van der Waals surface area (Å²) in [5.41, 5.74) is 1.15. The molecule has 27 heavy (non-hydrogen) atoms. The highest BCUT2D eigenvalue weighted by Gasteiger charge is 2.62. The zero-order valence-electron chi connectivity index (χ0n) is 15.4. The first-order chi connectivity index (χ1) is 12.6. The van der Waals surface area contributed by atoms with E-state index in [9.17, 15) is 18.3 Å². The van der Waals surface area contributed by atoms with Gasteiger partial charge in [0.15, 0.2) is 0 Å². The van der Waals surface area contributed by atoms with Gasteiger partial charge >= 0.3 is 6.18 Å². The van der Waals surface area contributed by atoms with Gasteiger partial charge in [-0.3, -0.25) is 4.68 Å². The molecule has 0 fully saturated rings. The highest BCUT2D eigenvalue weighted by Crippen LogP contribution is 2.59. The number of fused-ring (bicyclic) bond motifs is 3. The van der Waals surface area contributed by atoms with Gasteiger partial charge in [-0.15, -0.1) is 0 Å². The van der Waals surface area contributed by atoms with Crippen molar-refractivity contribution >= 4 is 0 Å². The molecule has 0 spiro atoms. The minimum absolute atomic E-state index is 0.0712. The average Bonchev–Trinajstić information content (AvgIpc) is 3.14. The summed E-state index contributed by atoms with van der Waals surface area (Å²) in [4.78, 5) is 0. The monoisotopic (exact) mass is 372 g/mol. The molecule has 4 rings (SSSR count). The molecule has 140 valence electrons. The van der Waals surface area contributed by atoms with E-state index in [0.717, 1.165) is 16.7 Å². The highest BCUT2D eigenvalue weighted by molar-refractivity contribution is 5.95. The van der Waals surface area contributed by atoms with Crippen LogP contribution in [0.4, 0.5) is 13.2 Å². The number of nitrogens with zero attached hydrogens (tertiary/aromatic N) is 2. The quantitative estimate of drug-likeness (QED) is 0.667. The Labute approximate surface area is 155 Å². The number of hydrogen-bond donors (Lipinski definition) is 1. The molecule has 1 aliphatic carbocycles. The molecule has 1 aliphatic rings. The molecule has 0 saturated heterocycles. The summed E-state index contributed by atoms with van der Waals surface area (Å²) in [6.45, 7) is 5.35. The summed E-state index contributed by atoms with van der Waals surface area (Å²) in [5.74, 6) is 0. The second-order valence-corrected chi connectivity index (χ2v) is 7.16. The Morgan fingerprint density at radius 2 is 1.67 bits per heavy atom. The summed E-state index contributed by atoms with van der Waals surface area (Å²) < 4.78 is 44.2. The zero-order chi connectivity index (χ0) is 19.7. The Morgan fingerprint density at radius 1 is 1.00 bits per heavy atom. The van der Waals surface area contributed by atoms with Gasteiger partial charge in [0.2, 0.25) is 5.60 Å². The Kier molecular flexibility index (Phi) is 3.59. The molecular formula is C21H19F3N2O. The topological polar surface area (TPSA) is 38.0 Å². The van der Waals surface area contributed by atoms with Gasteiger partial charge < -0.3 is 5.11 Å². The lowest BCUT2D eigenvalue weighted by Gasteiger charge is -2.31. The third kappa shape index (κ3) is 2.16. The molecule has 0 unspecified atom stereocenters. The zero-order valence-corrected chi connectivity index (χ0v) is 15.4. The Balaban J connectivity index is 2.24. The fourth-order valence-corrected chi connectivity index (χ4v) is 4.23. The molecule has 3 nitrogen and oxygen atoms in total. The highest BCUT2D eigenvalue weighted by atomic mass is 19.4. The van der Waals surface area contributed by atoms with Crippen LogP contribution in [-0.4, -0.2) is 21.1 Å². The SMILES string of the molecule is Cc1c(C)c(-c2cnn(C)c2)c2c(c1C)[C@](O)(C(F)(F)F)c1ccccc1-2. The number of rotatable bonds is 1. The van der Waals surface area contributed by atoms with Crippen LogP contribution in [0.15, 0.2) is 36.7 Å². The van der Waals surface area contributed by atoms with E-state index in [-0.39, 0.29) is 11.1 Å². The Bertz CT molecular complexity index is 1080. The van der Waals surface area contributed by atoms with Crippen molar-refractivity contribution in [2.24, 2.45) is 7.05 Å². The van der Waals surface area contributed by atoms with Gasteiger partial charge in [0.05, 0.1) is 6.20 Å². The van der Waals surface area contributed by atoms with E-state index in [1.165, 1.54) is 12.1 Å². The lowest BCUT2D eigenvalue weighted by atomic mass is 9.82. The molecule has 3 aromatic rings. The molecule has 1 N–H and O–H groups in total. The average molecular weight is 372 g/mol. The van der Waals surface area contributed by atoms with Crippen molar-refractivity contribution in [1.82, 2.24) is 9.78 Å². The van der Waals surface area contributed by atoms with Crippen LogP contribution < -0.4 is 0 Å². The Morgan fingerprint density at radius 3 is 2.26 bits per heavy atom. The van der Waals surface area contributed by atoms with Crippen LogP contribution >= 0.6 is 0 Å². The molecule has 6 heteroatoms. The first-order valence-corrected chi connectivity index (χ1v) is 8.61. The van der Waals surface area contributed by atoms with Gasteiger partial charge in [0, 0.05) is 29.9 Å². The standard InChI is InChI=1S/C21H19F3N2O/c1-11-12(2)17(14-9-25-26(4)10-14)18-15-7-5-6-8-16(15)20(27,21(22,23)24)19(18)13(11)3/h5-10,27H,1-4H3/t20-/m0/s1. The van der Waals surface area contributed by atoms with Crippen molar-refractivity contribution in [3.05, 3.63) is 64.5 Å². The fourth-order valence-electron chi connectivity index (χ4n) is 4.23. The van der Waals surface area contributed by atoms with Crippen molar-refractivity contribution in [2.45, 2.75) is 32.5 Å². The van der Waals surface area contributed by atoms with E-state index in [1.54, 1.807) is 50.1 Å². The third-order valence-electron chi connectivity index (χ3n) is 5.73. The van der Waals surface area contributed by atoms with Crippen LogP contribution in [-0.2, 0) is 12.6 Å². The minimum Gasteiger partial charge on any atom is -0.372 e. The number of aryl methyl sites for hydroxylation is 1. The van der Waals surface area contributed by atoms with E-state index in [0.29, 0.717) is 22.3 Å². The third-order valence-corrected chi connectivity index (χ3v) is 5.73. The first kappa shape index (κ1) is 17.8. The number of hydrogen-bond acceptors (Lipinski definition) is 2. The largest absolute Gasteiger partial charge is 0.425 e. The number of aliphatic hydroxyl groups is 1. The number of halogens is 3. The van der Waals surface area contributed by atoms with Crippen LogP contribution in [0.2, 0.25) is 0 Å². The number of benzene rings is 2. The summed E-state index contributed by atoms with van der Waals surface area (Å²) in [5, 5.41) is 15.2. The fraction of sp³-hybridized carbons (Fsp3) is 0.286. The van der Waals surface area contributed by atoms with Gasteiger partial charge in [0.1, 0.15) is 0 Å². The molecule has 1 atom stereocenters. The summed E-state index contributed by atoms with van der Waals surface area (Å²) in [6, 6.07) is 6.23. The molecule has 0 amide bonds. The van der Waals surface area contributed by atoms with Gasteiger partial charge in [0.25, 0.3) is 0 Å². The maximum absolute atomic E-state index is 14.2. The van der Waals surface area contributed by atoms with Crippen molar-refractivity contribution in [3.8, 4) is 22.3 Å². The second-order valence-electron chi connectivity index (χ2n) is 7.16. The summed E-state index contributed by atoms with van der Waals surface area (Å²) >= 11 is 0. The van der Waals surface area contributed by atoms with Crippen LogP contribution in [0, 0.1) is 20.8 Å². The number of aromatic nitrogens is 2. The maximum Gasteiger partial charge on any atom is 0.425 e. The van der Waals surface area contributed by atoms with E-state index in [4.69, 9.17) is 0 Å². The van der Waals surface area contributed by atoms with Gasteiger partial charge in [-0.05, 0) is 54.2 Å². The first-order valence-electron chi connectivity index (χ1n) is 8.61. The van der Waals surface area contributed by atoms with E-state index < -0.39 is 11.8 Å². The molecule has 0 aliphatic heterocycles. The molecule has 0 radical (unpaired) electrons. The van der Waals surface area contributed by atoms with Crippen LogP contribution in [0.5, 0.6) is 0 Å². The van der Waals surface area contributed by atoms with Crippen molar-refractivity contribution in [1.29, 1.82) is 0 Å². The van der Waals surface area contributed by atoms with E-state index >= 15 is 0 Å². The molecule has 0 saturated carbocycles. The van der Waals surface area contributed by atoms with Crippen molar-refractivity contribution in [2.75, 3.05) is 0 Å². The van der Waals surface area contributed by atoms with Crippen LogP contribution in [0.3, 0.4) is 0 Å². The molecule has 0 bridgehead atoms. The smallest absolute Gasteiger partial charge is 0.372 e. The summed E-state index contributed by atoms with van der Waals surface area (Å²) in [7, 11) is 1.76. The van der Waals surface area contributed by atoms with E-state index in [1.807, 2.05) is 6.92 Å². The lowest BCUT2D eigenvalue weighted by Crippen LogP contribution is -2.42. The van der Waals surface area contributed by atoms with Gasteiger partial charge in [-0.2, -0.15) is 18.3 Å². The summed E-state index contributed by atoms with van der Waals surface area (Å²) in [6.07, 6.45) is -1.41. The molecule has 2 aromatic carbocycles. The van der Waals surface area contributed by atoms with Crippen LogP contribution in [0.1, 0.15) is 27.8 Å². The minimum atomic E-state index is -4.84. The van der Waals surface area contributed by atoms with E-state index in [2.05, 4.69) is 5.10 Å². The number of alkyl halides is 3.